The Labute approximate surface area is 170 Å². The van der Waals surface area contributed by atoms with Gasteiger partial charge in [0.25, 0.3) is 0 Å². The Kier molecular flexibility index (Phi) is 6.04. The van der Waals surface area contributed by atoms with Crippen LogP contribution in [0.5, 0.6) is 17.2 Å². The van der Waals surface area contributed by atoms with E-state index >= 15 is 0 Å². The summed E-state index contributed by atoms with van der Waals surface area (Å²) < 4.78 is 43.2. The molecule has 0 aliphatic heterocycles. The van der Waals surface area contributed by atoms with Crippen LogP contribution in [0.1, 0.15) is 16.1 Å². The van der Waals surface area contributed by atoms with E-state index in [0.29, 0.717) is 5.39 Å². The van der Waals surface area contributed by atoms with Gasteiger partial charge < -0.3 is 20.4 Å². The number of benzene rings is 2. The van der Waals surface area contributed by atoms with Crippen molar-refractivity contribution in [3.8, 4) is 17.2 Å². The average Bonchev–Trinajstić information content (AvgIpc) is 2.57. The first-order valence-electron chi connectivity index (χ1n) is 7.10. The van der Waals surface area contributed by atoms with Gasteiger partial charge in [0, 0.05) is 32.5 Å². The number of amides is 1. The molecule has 1 heterocycles. The van der Waals surface area contributed by atoms with Crippen molar-refractivity contribution in [2.45, 2.75) is 6.18 Å². The molecular formula is C17H9ClF3N2O3Ti-. The Morgan fingerprint density at radius 2 is 1.67 bits per heavy atom. The fraction of sp³-hybridized carbons (Fsp3) is 0.0588. The molecule has 0 aliphatic carbocycles. The molecule has 3 aromatic rings. The molecule has 0 fully saturated rings. The van der Waals surface area contributed by atoms with Crippen LogP contribution >= 0.6 is 11.6 Å². The summed E-state index contributed by atoms with van der Waals surface area (Å²) in [6.45, 7) is 0. The molecule has 0 saturated heterocycles. The fourth-order valence-corrected chi connectivity index (χ4v) is 2.56. The summed E-state index contributed by atoms with van der Waals surface area (Å²) >= 11 is 5.95. The molecule has 0 unspecified atom stereocenters. The Balaban J connectivity index is 0.00000261. The maximum Gasteiger partial charge on any atom is 0.416 e. The second-order valence-electron chi connectivity index (χ2n) is 5.26. The number of carbonyl (C=O) groups is 1. The first kappa shape index (κ1) is 21.0. The Bertz CT molecular complexity index is 1010. The molecule has 3 rings (SSSR count). The van der Waals surface area contributed by atoms with E-state index in [0.717, 1.165) is 24.3 Å². The summed E-state index contributed by atoms with van der Waals surface area (Å²) in [6, 6.07) is 8.38. The van der Waals surface area contributed by atoms with Crippen LogP contribution in [0.4, 0.5) is 13.2 Å². The Morgan fingerprint density at radius 3 is 2.22 bits per heavy atom. The van der Waals surface area contributed by atoms with Crippen LogP contribution in [0.3, 0.4) is 0 Å². The van der Waals surface area contributed by atoms with E-state index in [9.17, 15) is 23.1 Å². The molecule has 138 valence electrons. The van der Waals surface area contributed by atoms with E-state index < -0.39 is 29.1 Å². The Morgan fingerprint density at radius 1 is 1.07 bits per heavy atom. The molecule has 0 aliphatic rings. The number of aromatic hydroxyl groups is 1. The third-order valence-electron chi connectivity index (χ3n) is 3.54. The molecule has 0 radical (unpaired) electrons. The third kappa shape index (κ3) is 4.35. The largest absolute Gasteiger partial charge is 0.662 e. The summed E-state index contributed by atoms with van der Waals surface area (Å²) in [7, 11) is 0. The number of alkyl halides is 3. The number of carbonyl (C=O) groups excluding carboxylic acids is 1. The smallest absolute Gasteiger partial charge is 0.416 e. The van der Waals surface area contributed by atoms with Gasteiger partial charge in [0.15, 0.2) is 5.75 Å². The molecule has 2 N–H and O–H groups in total. The summed E-state index contributed by atoms with van der Waals surface area (Å²) in [5.41, 5.74) is 5.78. The first-order valence-corrected chi connectivity index (χ1v) is 7.48. The van der Waals surface area contributed by atoms with Gasteiger partial charge >= 0.3 is 6.18 Å². The van der Waals surface area contributed by atoms with Gasteiger partial charge in [0.1, 0.15) is 28.3 Å². The molecule has 0 bridgehead atoms. The molecule has 5 nitrogen and oxygen atoms in total. The van der Waals surface area contributed by atoms with Crippen LogP contribution in [0, 0.1) is 0 Å². The van der Waals surface area contributed by atoms with Crippen molar-refractivity contribution >= 4 is 28.3 Å². The van der Waals surface area contributed by atoms with E-state index in [2.05, 4.69) is 4.98 Å². The number of aromatic nitrogens is 1. The molecule has 1 amide bonds. The summed E-state index contributed by atoms with van der Waals surface area (Å²) in [5.74, 6) is -1.39. The minimum atomic E-state index is -4.45. The predicted octanol–water partition coefficient (Wildman–Crippen LogP) is 5.59. The number of nitrogens with one attached hydrogen (secondary N) is 1. The van der Waals surface area contributed by atoms with Gasteiger partial charge in [-0.3, -0.25) is 0 Å². The monoisotopic (exact) mass is 429 g/mol. The van der Waals surface area contributed by atoms with Gasteiger partial charge in [0.05, 0.1) is 5.56 Å². The van der Waals surface area contributed by atoms with Crippen molar-refractivity contribution in [2.75, 3.05) is 0 Å². The SMILES string of the molecule is [NH-]C(=O)c1nc(Cl)c2ccc(Oc3ccc(C(F)(F)F)cc3)cc2c1O.[Ti]. The molecule has 0 saturated carbocycles. The van der Waals surface area contributed by atoms with Crippen LogP contribution in [0.25, 0.3) is 16.5 Å². The van der Waals surface area contributed by atoms with Gasteiger partial charge in [0.2, 0.25) is 0 Å². The van der Waals surface area contributed by atoms with E-state index in [1.54, 1.807) is 0 Å². The van der Waals surface area contributed by atoms with Crippen molar-refractivity contribution in [1.82, 2.24) is 4.98 Å². The zero-order valence-corrected chi connectivity index (χ0v) is 15.6. The van der Waals surface area contributed by atoms with Crippen molar-refractivity contribution in [3.63, 3.8) is 0 Å². The number of fused-ring (bicyclic) bond motifs is 1. The second-order valence-corrected chi connectivity index (χ2v) is 5.62. The van der Waals surface area contributed by atoms with Gasteiger partial charge in [-0.2, -0.15) is 13.2 Å². The zero-order chi connectivity index (χ0) is 19.1. The number of ether oxygens (including phenoxy) is 1. The average molecular weight is 430 g/mol. The summed E-state index contributed by atoms with van der Waals surface area (Å²) in [5, 5.41) is 10.5. The van der Waals surface area contributed by atoms with Gasteiger partial charge in [-0.1, -0.05) is 11.6 Å². The van der Waals surface area contributed by atoms with E-state index in [4.69, 9.17) is 22.1 Å². The molecule has 0 spiro atoms. The number of halogens is 4. The van der Waals surface area contributed by atoms with Crippen molar-refractivity contribution in [1.29, 1.82) is 0 Å². The van der Waals surface area contributed by atoms with Crippen molar-refractivity contribution in [2.24, 2.45) is 0 Å². The van der Waals surface area contributed by atoms with Gasteiger partial charge in [-0.05, 0) is 42.5 Å². The quantitative estimate of drug-likeness (QED) is 0.434. The maximum atomic E-state index is 12.6. The summed E-state index contributed by atoms with van der Waals surface area (Å²) in [4.78, 5) is 14.9. The number of hydrogen-bond acceptors (Lipinski definition) is 4. The number of nitrogens with zero attached hydrogens (tertiary/aromatic N) is 1. The first-order chi connectivity index (χ1) is 12.2. The fourth-order valence-electron chi connectivity index (χ4n) is 2.31. The number of rotatable bonds is 3. The molecule has 1 aromatic heterocycles. The molecular weight excluding hydrogens is 421 g/mol. The molecule has 27 heavy (non-hydrogen) atoms. The topological polar surface area (TPSA) is 83.2 Å². The zero-order valence-electron chi connectivity index (χ0n) is 13.3. The molecule has 2 aromatic carbocycles. The Hall–Kier alpha value is -2.29. The molecule has 0 atom stereocenters. The van der Waals surface area contributed by atoms with Crippen molar-refractivity contribution < 1.29 is 49.5 Å². The van der Waals surface area contributed by atoms with E-state index in [1.165, 1.54) is 18.2 Å². The van der Waals surface area contributed by atoms with E-state index in [-0.39, 0.29) is 43.8 Å². The minimum absolute atomic E-state index is 0. The number of hydrogen-bond donors (Lipinski definition) is 1. The van der Waals surface area contributed by atoms with Crippen molar-refractivity contribution in [3.05, 3.63) is 64.6 Å². The van der Waals surface area contributed by atoms with Gasteiger partial charge in [-0.15, -0.1) is 0 Å². The molecule has 10 heteroatoms. The second kappa shape index (κ2) is 7.76. The minimum Gasteiger partial charge on any atom is -0.662 e. The maximum absolute atomic E-state index is 12.6. The normalized spacial score (nSPS) is 11.1. The predicted molar refractivity (Wildman–Crippen MR) is 88.6 cm³/mol. The van der Waals surface area contributed by atoms with Crippen LogP contribution in [0.2, 0.25) is 5.15 Å². The van der Waals surface area contributed by atoms with Gasteiger partial charge in [-0.25, -0.2) is 4.98 Å². The third-order valence-corrected chi connectivity index (χ3v) is 3.82. The van der Waals surface area contributed by atoms with Crippen LogP contribution < -0.4 is 4.74 Å². The van der Waals surface area contributed by atoms with Crippen LogP contribution in [-0.2, 0) is 27.9 Å². The standard InChI is InChI=1S/C17H10ClF3N2O3.Ti/c18-15-11-6-5-10(7-12(11)14(24)13(23-15)16(22)25)26-9-3-1-8(2-4-9)17(19,20)21;/h1-7H,(H3,22,24,25);/p-1. The van der Waals surface area contributed by atoms with Crippen LogP contribution in [-0.4, -0.2) is 16.0 Å². The summed E-state index contributed by atoms with van der Waals surface area (Å²) in [6.07, 6.45) is -4.45. The van der Waals surface area contributed by atoms with E-state index in [1.807, 2.05) is 0 Å². The number of pyridine rings is 1. The van der Waals surface area contributed by atoms with Crippen LogP contribution in [0.15, 0.2) is 42.5 Å².